The van der Waals surface area contributed by atoms with Crippen molar-refractivity contribution in [3.05, 3.63) is 48.6 Å². The Morgan fingerprint density at radius 2 is 2.12 bits per heavy atom. The number of nitrogens with zero attached hydrogens (tertiary/aromatic N) is 1. The predicted molar refractivity (Wildman–Crippen MR) is 63.9 cm³/mol. The van der Waals surface area contributed by atoms with Gasteiger partial charge in [0.2, 0.25) is 0 Å². The molecule has 0 bridgehead atoms. The molecular weight excluding hydrogens is 202 g/mol. The molecule has 3 heteroatoms. The van der Waals surface area contributed by atoms with Crippen molar-refractivity contribution in [1.82, 2.24) is 4.90 Å². The Kier molecular flexibility index (Phi) is 5.29. The number of likely N-dealkylation sites (N-methyl/N-ethyl adjacent to an activating group) is 1. The van der Waals surface area contributed by atoms with Crippen LogP contribution in [0.15, 0.2) is 43.0 Å². The van der Waals surface area contributed by atoms with Gasteiger partial charge in [0, 0.05) is 6.54 Å². The maximum Gasteiger partial charge on any atom is 0.320 e. The van der Waals surface area contributed by atoms with Gasteiger partial charge in [-0.1, -0.05) is 36.4 Å². The van der Waals surface area contributed by atoms with Crippen molar-refractivity contribution in [2.75, 3.05) is 20.1 Å². The van der Waals surface area contributed by atoms with Crippen LogP contribution in [-0.2, 0) is 16.1 Å². The van der Waals surface area contributed by atoms with E-state index in [9.17, 15) is 4.79 Å². The quantitative estimate of drug-likeness (QED) is 0.540. The number of rotatable bonds is 6. The molecule has 0 N–H and O–H groups in total. The highest BCUT2D eigenvalue weighted by molar-refractivity contribution is 5.71. The Balaban J connectivity index is 2.28. The van der Waals surface area contributed by atoms with Crippen LogP contribution in [0.25, 0.3) is 0 Å². The summed E-state index contributed by atoms with van der Waals surface area (Å²) in [4.78, 5) is 13.3. The molecule has 1 aromatic rings. The third-order valence-corrected chi connectivity index (χ3v) is 2.08. The van der Waals surface area contributed by atoms with Gasteiger partial charge in [0.1, 0.15) is 6.61 Å². The fourth-order valence-electron chi connectivity index (χ4n) is 1.29. The minimum absolute atomic E-state index is 0.215. The van der Waals surface area contributed by atoms with Crippen LogP contribution >= 0.6 is 0 Å². The van der Waals surface area contributed by atoms with E-state index in [1.165, 1.54) is 0 Å². The smallest absolute Gasteiger partial charge is 0.320 e. The molecule has 0 heterocycles. The number of carbonyl (C=O) groups excluding carboxylic acids is 1. The van der Waals surface area contributed by atoms with Crippen LogP contribution in [0.3, 0.4) is 0 Å². The lowest BCUT2D eigenvalue weighted by Crippen LogP contribution is -2.27. The van der Waals surface area contributed by atoms with Crippen LogP contribution in [0.4, 0.5) is 0 Å². The molecule has 0 aromatic heterocycles. The maximum atomic E-state index is 11.4. The molecule has 0 aliphatic rings. The molecule has 0 fully saturated rings. The summed E-state index contributed by atoms with van der Waals surface area (Å²) >= 11 is 0. The Hall–Kier alpha value is -1.61. The van der Waals surface area contributed by atoms with Crippen LogP contribution < -0.4 is 0 Å². The zero-order valence-electron chi connectivity index (χ0n) is 9.56. The maximum absolute atomic E-state index is 11.4. The van der Waals surface area contributed by atoms with Crippen molar-refractivity contribution in [2.24, 2.45) is 0 Å². The van der Waals surface area contributed by atoms with Gasteiger partial charge < -0.3 is 4.74 Å². The third-order valence-electron chi connectivity index (χ3n) is 2.08. The first kappa shape index (κ1) is 12.5. The molecule has 0 aliphatic heterocycles. The van der Waals surface area contributed by atoms with Crippen molar-refractivity contribution in [3.8, 4) is 0 Å². The molecule has 0 saturated heterocycles. The molecule has 1 rings (SSSR count). The Labute approximate surface area is 96.3 Å². The molecular formula is C13H17NO2. The van der Waals surface area contributed by atoms with E-state index in [-0.39, 0.29) is 5.97 Å². The van der Waals surface area contributed by atoms with Gasteiger partial charge in [-0.15, -0.1) is 6.58 Å². The minimum Gasteiger partial charge on any atom is -0.460 e. The molecule has 86 valence electrons. The topological polar surface area (TPSA) is 29.5 Å². The van der Waals surface area contributed by atoms with Gasteiger partial charge in [-0.2, -0.15) is 0 Å². The summed E-state index contributed by atoms with van der Waals surface area (Å²) in [7, 11) is 1.85. The second kappa shape index (κ2) is 6.80. The van der Waals surface area contributed by atoms with Gasteiger partial charge in [0.15, 0.2) is 0 Å². The van der Waals surface area contributed by atoms with Crippen molar-refractivity contribution in [3.63, 3.8) is 0 Å². The highest BCUT2D eigenvalue weighted by Crippen LogP contribution is 2.00. The zero-order valence-corrected chi connectivity index (χ0v) is 9.56. The monoisotopic (exact) mass is 219 g/mol. The van der Waals surface area contributed by atoms with Crippen LogP contribution in [0.1, 0.15) is 5.56 Å². The number of benzene rings is 1. The van der Waals surface area contributed by atoms with Gasteiger partial charge in [0.05, 0.1) is 6.54 Å². The van der Waals surface area contributed by atoms with Crippen LogP contribution in [0.5, 0.6) is 0 Å². The van der Waals surface area contributed by atoms with E-state index in [0.29, 0.717) is 19.7 Å². The molecule has 0 unspecified atom stereocenters. The first-order valence-electron chi connectivity index (χ1n) is 5.21. The van der Waals surface area contributed by atoms with E-state index in [0.717, 1.165) is 5.56 Å². The molecule has 0 radical (unpaired) electrons. The van der Waals surface area contributed by atoms with E-state index in [1.807, 2.05) is 42.3 Å². The summed E-state index contributed by atoms with van der Waals surface area (Å²) in [5, 5.41) is 0. The molecule has 16 heavy (non-hydrogen) atoms. The summed E-state index contributed by atoms with van der Waals surface area (Å²) in [6.45, 7) is 4.91. The molecule has 1 aromatic carbocycles. The number of ether oxygens (including phenoxy) is 1. The normalized spacial score (nSPS) is 10.1. The lowest BCUT2D eigenvalue weighted by Gasteiger charge is -2.13. The highest BCUT2D eigenvalue weighted by atomic mass is 16.5. The van der Waals surface area contributed by atoms with E-state index < -0.39 is 0 Å². The molecule has 3 nitrogen and oxygen atoms in total. The van der Waals surface area contributed by atoms with Crippen molar-refractivity contribution >= 4 is 5.97 Å². The summed E-state index contributed by atoms with van der Waals surface area (Å²) in [6, 6.07) is 9.64. The van der Waals surface area contributed by atoms with Crippen LogP contribution in [0, 0.1) is 0 Å². The van der Waals surface area contributed by atoms with Gasteiger partial charge in [-0.05, 0) is 12.6 Å². The van der Waals surface area contributed by atoms with Crippen molar-refractivity contribution < 1.29 is 9.53 Å². The Bertz CT molecular complexity index is 335. The largest absolute Gasteiger partial charge is 0.460 e. The van der Waals surface area contributed by atoms with Gasteiger partial charge >= 0.3 is 5.97 Å². The fraction of sp³-hybridized carbons (Fsp3) is 0.308. The number of carbonyl (C=O) groups is 1. The molecule has 0 saturated carbocycles. The van der Waals surface area contributed by atoms with E-state index in [2.05, 4.69) is 6.58 Å². The SMILES string of the molecule is C=CCN(C)CC(=O)OCc1ccccc1. The lowest BCUT2D eigenvalue weighted by atomic mass is 10.2. The third kappa shape index (κ3) is 4.75. The summed E-state index contributed by atoms with van der Waals surface area (Å²) in [5.41, 5.74) is 1.00. The summed E-state index contributed by atoms with van der Waals surface area (Å²) in [6.07, 6.45) is 1.75. The summed E-state index contributed by atoms with van der Waals surface area (Å²) in [5.74, 6) is -0.215. The molecule has 0 atom stereocenters. The second-order valence-electron chi connectivity index (χ2n) is 3.63. The average molecular weight is 219 g/mol. The van der Waals surface area contributed by atoms with Crippen LogP contribution in [0.2, 0.25) is 0 Å². The van der Waals surface area contributed by atoms with Crippen molar-refractivity contribution in [1.29, 1.82) is 0 Å². The van der Waals surface area contributed by atoms with Crippen LogP contribution in [-0.4, -0.2) is 31.0 Å². The first-order valence-corrected chi connectivity index (χ1v) is 5.21. The summed E-state index contributed by atoms with van der Waals surface area (Å²) < 4.78 is 5.13. The van der Waals surface area contributed by atoms with Gasteiger partial charge in [0.25, 0.3) is 0 Å². The number of hydrogen-bond donors (Lipinski definition) is 0. The molecule has 0 amide bonds. The second-order valence-corrected chi connectivity index (χ2v) is 3.63. The molecule has 0 aliphatic carbocycles. The standard InChI is InChI=1S/C13H17NO2/c1-3-9-14(2)10-13(15)16-11-12-7-5-4-6-8-12/h3-8H,1,9-11H2,2H3. The van der Waals surface area contributed by atoms with Gasteiger partial charge in [-0.3, -0.25) is 9.69 Å². The Morgan fingerprint density at radius 3 is 2.75 bits per heavy atom. The van der Waals surface area contributed by atoms with E-state index >= 15 is 0 Å². The highest BCUT2D eigenvalue weighted by Gasteiger charge is 2.06. The fourth-order valence-corrected chi connectivity index (χ4v) is 1.29. The van der Waals surface area contributed by atoms with E-state index in [1.54, 1.807) is 6.08 Å². The minimum atomic E-state index is -0.215. The van der Waals surface area contributed by atoms with Gasteiger partial charge in [-0.25, -0.2) is 0 Å². The lowest BCUT2D eigenvalue weighted by molar-refractivity contribution is -0.145. The predicted octanol–water partition coefficient (Wildman–Crippen LogP) is 1.85. The molecule has 0 spiro atoms. The van der Waals surface area contributed by atoms with Crippen molar-refractivity contribution in [2.45, 2.75) is 6.61 Å². The van der Waals surface area contributed by atoms with E-state index in [4.69, 9.17) is 4.74 Å². The number of esters is 1. The average Bonchev–Trinajstić information content (AvgIpc) is 2.28. The first-order chi connectivity index (χ1) is 7.72. The zero-order chi connectivity index (χ0) is 11.8. The Morgan fingerprint density at radius 1 is 1.44 bits per heavy atom. The number of hydrogen-bond acceptors (Lipinski definition) is 3.